The molecule has 1 saturated heterocycles. The Morgan fingerprint density at radius 1 is 1.25 bits per heavy atom. The Morgan fingerprint density at radius 3 is 2.86 bits per heavy atom. The highest BCUT2D eigenvalue weighted by molar-refractivity contribution is 7.89. The number of thiophene rings is 1. The van der Waals surface area contributed by atoms with Crippen molar-refractivity contribution in [2.24, 2.45) is 0 Å². The fourth-order valence-electron chi connectivity index (χ4n) is 4.29. The second kappa shape index (κ2) is 10.5. The van der Waals surface area contributed by atoms with Gasteiger partial charge in [0.2, 0.25) is 10.0 Å². The molecule has 5 rings (SSSR count). The van der Waals surface area contributed by atoms with E-state index in [1.165, 1.54) is 33.1 Å². The maximum atomic E-state index is 13.6. The first-order chi connectivity index (χ1) is 17.4. The Bertz CT molecular complexity index is 1500. The summed E-state index contributed by atoms with van der Waals surface area (Å²) in [7, 11) is -3.77. The highest BCUT2D eigenvalue weighted by Crippen LogP contribution is 2.37. The van der Waals surface area contributed by atoms with Crippen LogP contribution in [0.3, 0.4) is 0 Å². The van der Waals surface area contributed by atoms with E-state index in [4.69, 9.17) is 11.6 Å². The van der Waals surface area contributed by atoms with Crippen molar-refractivity contribution in [2.45, 2.75) is 17.8 Å². The molecule has 1 fully saturated rings. The summed E-state index contributed by atoms with van der Waals surface area (Å²) in [5, 5.41) is 3.48. The summed E-state index contributed by atoms with van der Waals surface area (Å²) in [6.45, 7) is 5.09. The lowest BCUT2D eigenvalue weighted by Crippen LogP contribution is -2.55. The van der Waals surface area contributed by atoms with Gasteiger partial charge in [-0.2, -0.15) is 4.31 Å². The van der Waals surface area contributed by atoms with E-state index in [9.17, 15) is 13.2 Å². The molecule has 0 N–H and O–H groups in total. The van der Waals surface area contributed by atoms with Crippen molar-refractivity contribution in [2.75, 3.05) is 19.6 Å². The lowest BCUT2D eigenvalue weighted by atomic mass is 10.2. The molecule has 1 aliphatic rings. The number of carbonyl (C=O) groups is 1. The van der Waals surface area contributed by atoms with E-state index >= 15 is 0 Å². The molecule has 2 unspecified atom stereocenters. The molecular formula is C25H23ClN4O3S3. The first-order valence-corrected chi connectivity index (χ1v) is 14.8. The second-order valence-electron chi connectivity index (χ2n) is 8.43. The van der Waals surface area contributed by atoms with Crippen LogP contribution in [0.25, 0.3) is 21.3 Å². The molecule has 0 bridgehead atoms. The Kier molecular flexibility index (Phi) is 7.34. The maximum absolute atomic E-state index is 13.6. The summed E-state index contributed by atoms with van der Waals surface area (Å²) in [5.74, 6) is 0. The van der Waals surface area contributed by atoms with Crippen LogP contribution in [0.2, 0.25) is 5.02 Å². The van der Waals surface area contributed by atoms with Crippen LogP contribution in [0.15, 0.2) is 66.8 Å². The third-order valence-corrected chi connectivity index (χ3v) is 10.7. The molecule has 2 atom stereocenters. The van der Waals surface area contributed by atoms with Gasteiger partial charge in [-0.15, -0.1) is 29.3 Å². The van der Waals surface area contributed by atoms with Crippen LogP contribution in [-0.2, 0) is 21.4 Å². The zero-order chi connectivity index (χ0) is 25.3. The molecule has 0 saturated carbocycles. The van der Waals surface area contributed by atoms with Gasteiger partial charge in [-0.3, -0.25) is 9.88 Å². The molecule has 36 heavy (non-hydrogen) atoms. The molecule has 7 nitrogen and oxygen atoms in total. The Labute approximate surface area is 222 Å². The van der Waals surface area contributed by atoms with Crippen molar-refractivity contribution in [3.05, 3.63) is 81.7 Å². The zero-order valence-corrected chi connectivity index (χ0v) is 22.4. The third-order valence-electron chi connectivity index (χ3n) is 6.18. The molecule has 4 heterocycles. The number of carbonyl (C=O) groups excluding carboxylic acids is 1. The number of aldehydes is 1. The Morgan fingerprint density at radius 2 is 2.11 bits per heavy atom. The van der Waals surface area contributed by atoms with Gasteiger partial charge in [-0.25, -0.2) is 13.4 Å². The number of thiazole rings is 1. The summed E-state index contributed by atoms with van der Waals surface area (Å²) in [6, 6.07) is 10.6. The highest BCUT2D eigenvalue weighted by Gasteiger charge is 2.38. The van der Waals surface area contributed by atoms with Gasteiger partial charge in [0.25, 0.3) is 0 Å². The van der Waals surface area contributed by atoms with Gasteiger partial charge in [-0.1, -0.05) is 23.7 Å². The molecule has 0 amide bonds. The SMILES string of the molecule is C=CC(c1cc2ccc(Cl)cc2s1)S(=O)(=O)N1CCN(Cc2nc(-c3cccnc3)cs2)C(C=O)C1. The smallest absolute Gasteiger partial charge is 0.225 e. The Balaban J connectivity index is 1.31. The minimum absolute atomic E-state index is 0.0910. The van der Waals surface area contributed by atoms with Crippen molar-refractivity contribution in [3.8, 4) is 11.3 Å². The Hall–Kier alpha value is -2.47. The van der Waals surface area contributed by atoms with Crippen LogP contribution in [0, 0.1) is 0 Å². The average Bonchev–Trinajstić information content (AvgIpc) is 3.51. The van der Waals surface area contributed by atoms with Crippen LogP contribution >= 0.6 is 34.3 Å². The lowest BCUT2D eigenvalue weighted by molar-refractivity contribution is -0.114. The number of hydrogen-bond donors (Lipinski definition) is 0. The van der Waals surface area contributed by atoms with Crippen molar-refractivity contribution < 1.29 is 13.2 Å². The minimum Gasteiger partial charge on any atom is -0.302 e. The highest BCUT2D eigenvalue weighted by atomic mass is 35.5. The van der Waals surface area contributed by atoms with E-state index in [2.05, 4.69) is 16.5 Å². The van der Waals surface area contributed by atoms with E-state index in [0.29, 0.717) is 23.0 Å². The van der Waals surface area contributed by atoms with Crippen LogP contribution in [-0.4, -0.2) is 59.6 Å². The average molecular weight is 559 g/mol. The normalized spacial score (nSPS) is 18.3. The lowest BCUT2D eigenvalue weighted by Gasteiger charge is -2.38. The standard InChI is InChI=1S/C25H23ClN4O3S3/c1-2-24(23-10-17-5-6-19(26)11-22(17)35-23)36(32,33)30-9-8-29(20(13-30)15-31)14-25-28-21(16-34-25)18-4-3-7-27-12-18/h2-7,10-12,15-16,20,24H,1,8-9,13-14H2. The molecule has 1 aliphatic heterocycles. The topological polar surface area (TPSA) is 83.5 Å². The summed E-state index contributed by atoms with van der Waals surface area (Å²) >= 11 is 9.01. The first-order valence-electron chi connectivity index (χ1n) is 11.2. The van der Waals surface area contributed by atoms with Gasteiger partial charge >= 0.3 is 0 Å². The number of sulfonamides is 1. The van der Waals surface area contributed by atoms with E-state index in [-0.39, 0.29) is 13.1 Å². The largest absolute Gasteiger partial charge is 0.302 e. The number of aromatic nitrogens is 2. The number of piperazine rings is 1. The minimum atomic E-state index is -3.77. The van der Waals surface area contributed by atoms with Crippen molar-refractivity contribution in [3.63, 3.8) is 0 Å². The van der Waals surface area contributed by atoms with E-state index in [1.54, 1.807) is 18.5 Å². The predicted octanol–water partition coefficient (Wildman–Crippen LogP) is 5.02. The molecule has 0 radical (unpaired) electrons. The fourth-order valence-corrected chi connectivity index (χ4v) is 8.57. The van der Waals surface area contributed by atoms with Gasteiger partial charge in [0.15, 0.2) is 0 Å². The van der Waals surface area contributed by atoms with Crippen molar-refractivity contribution in [1.82, 2.24) is 19.2 Å². The van der Waals surface area contributed by atoms with E-state index in [1.807, 2.05) is 40.6 Å². The number of benzene rings is 1. The molecule has 186 valence electrons. The maximum Gasteiger partial charge on any atom is 0.225 e. The van der Waals surface area contributed by atoms with Crippen LogP contribution < -0.4 is 0 Å². The van der Waals surface area contributed by atoms with Crippen LogP contribution in [0.4, 0.5) is 0 Å². The van der Waals surface area contributed by atoms with Gasteiger partial charge in [-0.05, 0) is 35.7 Å². The molecule has 11 heteroatoms. The number of pyridine rings is 1. The first kappa shape index (κ1) is 25.2. The number of hydrogen-bond acceptors (Lipinski definition) is 8. The number of fused-ring (bicyclic) bond motifs is 1. The number of halogens is 1. The summed E-state index contributed by atoms with van der Waals surface area (Å²) in [6.07, 6.45) is 5.76. The van der Waals surface area contributed by atoms with Gasteiger partial charge < -0.3 is 4.79 Å². The summed E-state index contributed by atoms with van der Waals surface area (Å²) in [4.78, 5) is 23.5. The number of nitrogens with zero attached hydrogens (tertiary/aromatic N) is 4. The zero-order valence-electron chi connectivity index (χ0n) is 19.2. The molecule has 3 aromatic heterocycles. The third kappa shape index (κ3) is 5.02. The molecule has 0 spiro atoms. The summed E-state index contributed by atoms with van der Waals surface area (Å²) in [5.41, 5.74) is 1.77. The van der Waals surface area contributed by atoms with Gasteiger partial charge in [0.1, 0.15) is 16.5 Å². The second-order valence-corrected chi connectivity index (χ2v) is 13.0. The fraction of sp³-hybridized carbons (Fsp3) is 0.240. The predicted molar refractivity (Wildman–Crippen MR) is 146 cm³/mol. The van der Waals surface area contributed by atoms with Gasteiger partial charge in [0.05, 0.1) is 18.3 Å². The van der Waals surface area contributed by atoms with Crippen molar-refractivity contribution >= 4 is 60.7 Å². The van der Waals surface area contributed by atoms with Crippen LogP contribution in [0.5, 0.6) is 0 Å². The molecule has 4 aromatic rings. The van der Waals surface area contributed by atoms with Crippen LogP contribution in [0.1, 0.15) is 15.1 Å². The molecule has 1 aromatic carbocycles. The molecular weight excluding hydrogens is 536 g/mol. The van der Waals surface area contributed by atoms with E-state index < -0.39 is 21.3 Å². The molecule has 0 aliphatic carbocycles. The van der Waals surface area contributed by atoms with E-state index in [0.717, 1.165) is 32.6 Å². The number of rotatable bonds is 8. The van der Waals surface area contributed by atoms with Gasteiger partial charge in [0, 0.05) is 57.6 Å². The summed E-state index contributed by atoms with van der Waals surface area (Å²) < 4.78 is 29.6. The quantitative estimate of drug-likeness (QED) is 0.223. The van der Waals surface area contributed by atoms with Crippen molar-refractivity contribution in [1.29, 1.82) is 0 Å². The monoisotopic (exact) mass is 558 g/mol.